The smallest absolute Gasteiger partial charge is 0.356 e. The number of nitrogens with two attached hydrogens (primary N) is 1. The van der Waals surface area contributed by atoms with Crippen LogP contribution in [-0.4, -0.2) is 28.2 Å². The number of halogens is 3. The quantitative estimate of drug-likeness (QED) is 0.852. The standard InChI is InChI=1S/C17H18F3N3O2S/c1-11-3-2-4-12(9-11)13-5-6-14(17(18,19)20)16(26(21,24)25)15(13)23-8-7-22-10-23/h2-6,9,22H,7-8,10H2,1H3,(H2,21,24,25). The van der Waals surface area contributed by atoms with E-state index in [0.29, 0.717) is 24.2 Å². The summed E-state index contributed by atoms with van der Waals surface area (Å²) in [5.74, 6) is 0. The largest absolute Gasteiger partial charge is 0.417 e. The van der Waals surface area contributed by atoms with Crippen LogP contribution in [0.4, 0.5) is 18.9 Å². The average Bonchev–Trinajstić information content (AvgIpc) is 3.06. The van der Waals surface area contributed by atoms with Gasteiger partial charge in [-0.3, -0.25) is 5.32 Å². The fourth-order valence-electron chi connectivity index (χ4n) is 3.14. The number of rotatable bonds is 3. The summed E-state index contributed by atoms with van der Waals surface area (Å²) >= 11 is 0. The molecular weight excluding hydrogens is 367 g/mol. The molecule has 1 fully saturated rings. The molecule has 3 rings (SSSR count). The van der Waals surface area contributed by atoms with Gasteiger partial charge in [0.1, 0.15) is 4.90 Å². The van der Waals surface area contributed by atoms with E-state index in [4.69, 9.17) is 5.14 Å². The molecule has 0 atom stereocenters. The number of hydrogen-bond donors (Lipinski definition) is 2. The molecule has 0 unspecified atom stereocenters. The molecule has 0 saturated carbocycles. The number of alkyl halides is 3. The lowest BCUT2D eigenvalue weighted by molar-refractivity contribution is -0.139. The van der Waals surface area contributed by atoms with Crippen molar-refractivity contribution in [1.29, 1.82) is 0 Å². The van der Waals surface area contributed by atoms with Crippen LogP contribution in [0.25, 0.3) is 11.1 Å². The number of hydrogen-bond acceptors (Lipinski definition) is 4. The molecule has 0 amide bonds. The Labute approximate surface area is 149 Å². The van der Waals surface area contributed by atoms with Crippen LogP contribution in [0.5, 0.6) is 0 Å². The summed E-state index contributed by atoms with van der Waals surface area (Å²) in [6.45, 7) is 3.00. The first kappa shape index (κ1) is 18.7. The molecular formula is C17H18F3N3O2S. The van der Waals surface area contributed by atoms with Crippen molar-refractivity contribution in [2.75, 3.05) is 24.7 Å². The van der Waals surface area contributed by atoms with Gasteiger partial charge in [-0.25, -0.2) is 13.6 Å². The highest BCUT2D eigenvalue weighted by Gasteiger charge is 2.40. The normalized spacial score (nSPS) is 15.5. The fourth-order valence-corrected chi connectivity index (χ4v) is 4.14. The first-order valence-corrected chi connectivity index (χ1v) is 9.43. The Balaban J connectivity index is 2.39. The molecule has 1 aliphatic heterocycles. The maximum Gasteiger partial charge on any atom is 0.417 e. The van der Waals surface area contributed by atoms with Crippen molar-refractivity contribution in [3.05, 3.63) is 47.5 Å². The molecule has 9 heteroatoms. The van der Waals surface area contributed by atoms with Crippen LogP contribution in [-0.2, 0) is 16.2 Å². The van der Waals surface area contributed by atoms with E-state index in [1.807, 2.05) is 13.0 Å². The van der Waals surface area contributed by atoms with Crippen molar-refractivity contribution >= 4 is 15.7 Å². The van der Waals surface area contributed by atoms with E-state index in [-0.39, 0.29) is 12.4 Å². The maximum absolute atomic E-state index is 13.5. The van der Waals surface area contributed by atoms with Gasteiger partial charge < -0.3 is 4.90 Å². The van der Waals surface area contributed by atoms with Gasteiger partial charge in [0.05, 0.1) is 17.9 Å². The first-order valence-electron chi connectivity index (χ1n) is 7.89. The van der Waals surface area contributed by atoms with Gasteiger partial charge in [0, 0.05) is 18.7 Å². The molecule has 2 aromatic carbocycles. The number of sulfonamides is 1. The third-order valence-electron chi connectivity index (χ3n) is 4.23. The fraction of sp³-hybridized carbons (Fsp3) is 0.294. The van der Waals surface area contributed by atoms with Crippen molar-refractivity contribution in [3.8, 4) is 11.1 Å². The van der Waals surface area contributed by atoms with E-state index >= 15 is 0 Å². The van der Waals surface area contributed by atoms with Gasteiger partial charge in [-0.2, -0.15) is 13.2 Å². The van der Waals surface area contributed by atoms with Crippen LogP contribution in [0.3, 0.4) is 0 Å². The van der Waals surface area contributed by atoms with Crippen LogP contribution in [0, 0.1) is 6.92 Å². The predicted octanol–water partition coefficient (Wildman–Crippen LogP) is 2.70. The Hall–Kier alpha value is -2.10. The molecule has 1 saturated heterocycles. The molecule has 3 N–H and O–H groups in total. The lowest BCUT2D eigenvalue weighted by atomic mass is 9.99. The molecule has 5 nitrogen and oxygen atoms in total. The topological polar surface area (TPSA) is 75.4 Å². The van der Waals surface area contributed by atoms with Crippen molar-refractivity contribution in [2.24, 2.45) is 5.14 Å². The van der Waals surface area contributed by atoms with E-state index in [1.54, 1.807) is 23.1 Å². The Morgan fingerprint density at radius 2 is 1.92 bits per heavy atom. The summed E-state index contributed by atoms with van der Waals surface area (Å²) in [5.41, 5.74) is 0.668. The Bertz CT molecular complexity index is 937. The number of aryl methyl sites for hydroxylation is 1. The molecule has 1 heterocycles. The summed E-state index contributed by atoms with van der Waals surface area (Å²) in [6.07, 6.45) is -4.84. The van der Waals surface area contributed by atoms with Gasteiger partial charge in [0.2, 0.25) is 10.0 Å². The van der Waals surface area contributed by atoms with Crippen LogP contribution in [0.2, 0.25) is 0 Å². The summed E-state index contributed by atoms with van der Waals surface area (Å²) in [6, 6.07) is 9.23. The van der Waals surface area contributed by atoms with Gasteiger partial charge >= 0.3 is 6.18 Å². The average molecular weight is 385 g/mol. The van der Waals surface area contributed by atoms with Gasteiger partial charge in [-0.15, -0.1) is 0 Å². The Kier molecular flexibility index (Phi) is 4.72. The Morgan fingerprint density at radius 3 is 2.46 bits per heavy atom. The number of nitrogens with zero attached hydrogens (tertiary/aromatic N) is 1. The number of benzene rings is 2. The second kappa shape index (κ2) is 6.57. The van der Waals surface area contributed by atoms with Crippen LogP contribution in [0.1, 0.15) is 11.1 Å². The summed E-state index contributed by atoms with van der Waals surface area (Å²) < 4.78 is 64.8. The third-order valence-corrected chi connectivity index (χ3v) is 5.21. The monoisotopic (exact) mass is 385 g/mol. The second-order valence-electron chi connectivity index (χ2n) is 6.17. The van der Waals surface area contributed by atoms with E-state index in [0.717, 1.165) is 11.6 Å². The molecule has 2 aromatic rings. The summed E-state index contributed by atoms with van der Waals surface area (Å²) in [4.78, 5) is 0.694. The molecule has 0 bridgehead atoms. The minimum absolute atomic E-state index is 0.0158. The van der Waals surface area contributed by atoms with Gasteiger partial charge in [-0.1, -0.05) is 35.9 Å². The summed E-state index contributed by atoms with van der Waals surface area (Å²) in [7, 11) is -4.61. The van der Waals surface area contributed by atoms with Crippen LogP contribution < -0.4 is 15.4 Å². The third kappa shape index (κ3) is 3.55. The van der Waals surface area contributed by atoms with E-state index in [1.165, 1.54) is 6.07 Å². The molecule has 140 valence electrons. The number of anilines is 1. The second-order valence-corrected chi connectivity index (χ2v) is 7.67. The highest BCUT2D eigenvalue weighted by Crippen LogP contribution is 2.44. The molecule has 0 radical (unpaired) electrons. The van der Waals surface area contributed by atoms with Gasteiger partial charge in [0.25, 0.3) is 0 Å². The Morgan fingerprint density at radius 1 is 1.19 bits per heavy atom. The highest BCUT2D eigenvalue weighted by molar-refractivity contribution is 7.89. The number of primary sulfonamides is 1. The van der Waals surface area contributed by atoms with Gasteiger partial charge in [0.15, 0.2) is 0 Å². The highest BCUT2D eigenvalue weighted by atomic mass is 32.2. The number of nitrogens with one attached hydrogen (secondary N) is 1. The molecule has 0 aromatic heterocycles. The lowest BCUT2D eigenvalue weighted by Gasteiger charge is -2.26. The van der Waals surface area contributed by atoms with E-state index < -0.39 is 26.7 Å². The van der Waals surface area contributed by atoms with E-state index in [2.05, 4.69) is 5.32 Å². The van der Waals surface area contributed by atoms with Crippen molar-refractivity contribution in [2.45, 2.75) is 18.0 Å². The zero-order chi connectivity index (χ0) is 19.1. The minimum atomic E-state index is -4.84. The van der Waals surface area contributed by atoms with E-state index in [9.17, 15) is 21.6 Å². The predicted molar refractivity (Wildman–Crippen MR) is 93.2 cm³/mol. The van der Waals surface area contributed by atoms with Crippen LogP contribution >= 0.6 is 0 Å². The minimum Gasteiger partial charge on any atom is -0.356 e. The van der Waals surface area contributed by atoms with Gasteiger partial charge in [-0.05, 0) is 18.6 Å². The zero-order valence-electron chi connectivity index (χ0n) is 14.0. The SMILES string of the molecule is Cc1cccc(-c2ccc(C(F)(F)F)c(S(N)(=O)=O)c2N2CCNC2)c1. The molecule has 0 spiro atoms. The molecule has 0 aliphatic carbocycles. The van der Waals surface area contributed by atoms with Crippen molar-refractivity contribution < 1.29 is 21.6 Å². The zero-order valence-corrected chi connectivity index (χ0v) is 14.8. The van der Waals surface area contributed by atoms with Crippen molar-refractivity contribution in [1.82, 2.24) is 5.32 Å². The summed E-state index contributed by atoms with van der Waals surface area (Å²) in [5, 5.41) is 8.23. The molecule has 26 heavy (non-hydrogen) atoms. The van der Waals surface area contributed by atoms with Crippen LogP contribution in [0.15, 0.2) is 41.3 Å². The maximum atomic E-state index is 13.5. The lowest BCUT2D eigenvalue weighted by Crippen LogP contribution is -2.28. The van der Waals surface area contributed by atoms with Crippen molar-refractivity contribution in [3.63, 3.8) is 0 Å². The first-order chi connectivity index (χ1) is 12.1. The molecule has 1 aliphatic rings.